The van der Waals surface area contributed by atoms with Gasteiger partial charge in [-0.15, -0.1) is 0 Å². The van der Waals surface area contributed by atoms with Crippen LogP contribution in [0.3, 0.4) is 0 Å². The number of phenolic OH excluding ortho intramolecular Hbond substituents is 2. The first-order valence-corrected chi connectivity index (χ1v) is 8.30. The fraction of sp³-hybridized carbons (Fsp3) is 0.182. The highest BCUT2D eigenvalue weighted by Crippen LogP contribution is 2.53. The summed E-state index contributed by atoms with van der Waals surface area (Å²) < 4.78 is 0. The third kappa shape index (κ3) is 2.10. The number of hydrogen-bond donors (Lipinski definition) is 2. The van der Waals surface area contributed by atoms with Crippen LogP contribution in [0.15, 0.2) is 72.8 Å². The molecule has 2 heteroatoms. The summed E-state index contributed by atoms with van der Waals surface area (Å²) in [7, 11) is 0. The first kappa shape index (κ1) is 14.8. The Labute approximate surface area is 142 Å². The normalized spacial score (nSPS) is 18.3. The van der Waals surface area contributed by atoms with Crippen LogP contribution in [0, 0.1) is 0 Å². The fourth-order valence-corrected chi connectivity index (χ4v) is 4.20. The topological polar surface area (TPSA) is 40.5 Å². The van der Waals surface area contributed by atoms with Crippen LogP contribution in [0.1, 0.15) is 41.5 Å². The second-order valence-electron chi connectivity index (χ2n) is 6.69. The van der Waals surface area contributed by atoms with Crippen LogP contribution in [0.25, 0.3) is 0 Å². The summed E-state index contributed by atoms with van der Waals surface area (Å²) in [5.74, 6) is 1.00. The molecule has 120 valence electrons. The quantitative estimate of drug-likeness (QED) is 0.703. The van der Waals surface area contributed by atoms with Crippen molar-refractivity contribution in [2.75, 3.05) is 0 Å². The van der Waals surface area contributed by atoms with E-state index in [0.29, 0.717) is 5.92 Å². The SMILES string of the molecule is CC1CC(c2ccc(O)cc2)(c2ccc(O)cc2)c2ccccc21. The molecule has 0 fully saturated rings. The van der Waals surface area contributed by atoms with Crippen molar-refractivity contribution >= 4 is 0 Å². The van der Waals surface area contributed by atoms with Gasteiger partial charge in [0.25, 0.3) is 0 Å². The minimum absolute atomic E-state index is 0.253. The molecule has 0 bridgehead atoms. The maximum absolute atomic E-state index is 9.70. The predicted molar refractivity (Wildman–Crippen MR) is 95.6 cm³/mol. The molecular weight excluding hydrogens is 296 g/mol. The van der Waals surface area contributed by atoms with E-state index in [2.05, 4.69) is 31.2 Å². The number of benzene rings is 3. The summed E-state index contributed by atoms with van der Waals surface area (Å²) in [5.41, 5.74) is 4.77. The molecule has 24 heavy (non-hydrogen) atoms. The summed E-state index contributed by atoms with van der Waals surface area (Å²) in [4.78, 5) is 0. The van der Waals surface area contributed by atoms with Gasteiger partial charge in [-0.25, -0.2) is 0 Å². The van der Waals surface area contributed by atoms with Crippen LogP contribution in [0.4, 0.5) is 0 Å². The van der Waals surface area contributed by atoms with Gasteiger partial charge in [0.1, 0.15) is 11.5 Å². The molecule has 1 atom stereocenters. The van der Waals surface area contributed by atoms with E-state index in [4.69, 9.17) is 0 Å². The van der Waals surface area contributed by atoms with E-state index in [9.17, 15) is 10.2 Å². The molecule has 0 spiro atoms. The van der Waals surface area contributed by atoms with Crippen molar-refractivity contribution in [1.82, 2.24) is 0 Å². The molecule has 3 aromatic carbocycles. The minimum Gasteiger partial charge on any atom is -0.508 e. The maximum atomic E-state index is 9.70. The monoisotopic (exact) mass is 316 g/mol. The third-order valence-corrected chi connectivity index (χ3v) is 5.28. The Morgan fingerprint density at radius 2 is 1.25 bits per heavy atom. The van der Waals surface area contributed by atoms with Gasteiger partial charge in [0.05, 0.1) is 0 Å². The van der Waals surface area contributed by atoms with Gasteiger partial charge < -0.3 is 10.2 Å². The number of phenols is 2. The highest BCUT2D eigenvalue weighted by Gasteiger charge is 2.44. The van der Waals surface area contributed by atoms with E-state index in [0.717, 1.165) is 6.42 Å². The maximum Gasteiger partial charge on any atom is 0.115 e. The molecular formula is C22H20O2. The van der Waals surface area contributed by atoms with Crippen LogP contribution in [0.2, 0.25) is 0 Å². The van der Waals surface area contributed by atoms with Crippen LogP contribution in [-0.2, 0) is 5.41 Å². The summed E-state index contributed by atoms with van der Waals surface area (Å²) in [5, 5.41) is 19.4. The Kier molecular flexibility index (Phi) is 3.34. The van der Waals surface area contributed by atoms with Crippen molar-refractivity contribution in [2.24, 2.45) is 0 Å². The smallest absolute Gasteiger partial charge is 0.115 e. The molecule has 4 rings (SSSR count). The summed E-state index contributed by atoms with van der Waals surface area (Å²) >= 11 is 0. The molecule has 0 heterocycles. The Hall–Kier alpha value is -2.74. The number of aromatic hydroxyl groups is 2. The van der Waals surface area contributed by atoms with Crippen LogP contribution >= 0.6 is 0 Å². The summed E-state index contributed by atoms with van der Waals surface area (Å²) in [6.07, 6.45) is 0.974. The molecule has 2 nitrogen and oxygen atoms in total. The van der Waals surface area contributed by atoms with Crippen LogP contribution < -0.4 is 0 Å². The molecule has 0 aromatic heterocycles. The Balaban J connectivity index is 2.01. The van der Waals surface area contributed by atoms with Gasteiger partial charge in [-0.1, -0.05) is 55.5 Å². The van der Waals surface area contributed by atoms with Crippen molar-refractivity contribution in [3.8, 4) is 11.5 Å². The molecule has 0 radical (unpaired) electrons. The number of fused-ring (bicyclic) bond motifs is 1. The third-order valence-electron chi connectivity index (χ3n) is 5.28. The zero-order valence-corrected chi connectivity index (χ0v) is 13.6. The largest absolute Gasteiger partial charge is 0.508 e. The van der Waals surface area contributed by atoms with Crippen LogP contribution in [-0.4, -0.2) is 10.2 Å². The van der Waals surface area contributed by atoms with E-state index in [1.807, 2.05) is 24.3 Å². The minimum atomic E-state index is -0.253. The molecule has 0 amide bonds. The second kappa shape index (κ2) is 5.41. The lowest BCUT2D eigenvalue weighted by molar-refractivity contribution is 0.473. The van der Waals surface area contributed by atoms with E-state index < -0.39 is 0 Å². The average Bonchev–Trinajstić information content (AvgIpc) is 2.91. The molecule has 1 unspecified atom stereocenters. The highest BCUT2D eigenvalue weighted by atomic mass is 16.3. The van der Waals surface area contributed by atoms with Gasteiger partial charge in [-0.3, -0.25) is 0 Å². The molecule has 1 aliphatic rings. The zero-order chi connectivity index (χ0) is 16.7. The lowest BCUT2D eigenvalue weighted by Gasteiger charge is -2.32. The van der Waals surface area contributed by atoms with Gasteiger partial charge >= 0.3 is 0 Å². The highest BCUT2D eigenvalue weighted by molar-refractivity contribution is 5.58. The summed E-state index contributed by atoms with van der Waals surface area (Å²) in [6.45, 7) is 2.27. The first-order chi connectivity index (χ1) is 11.6. The average molecular weight is 316 g/mol. The lowest BCUT2D eigenvalue weighted by Crippen LogP contribution is -2.26. The molecule has 0 aliphatic heterocycles. The lowest BCUT2D eigenvalue weighted by atomic mass is 9.70. The van der Waals surface area contributed by atoms with Crippen molar-refractivity contribution in [2.45, 2.75) is 24.7 Å². The van der Waals surface area contributed by atoms with Gasteiger partial charge in [0, 0.05) is 5.41 Å². The molecule has 0 saturated carbocycles. The van der Waals surface area contributed by atoms with Crippen LogP contribution in [0.5, 0.6) is 11.5 Å². The Morgan fingerprint density at radius 3 is 1.79 bits per heavy atom. The van der Waals surface area contributed by atoms with E-state index >= 15 is 0 Å². The molecule has 2 N–H and O–H groups in total. The van der Waals surface area contributed by atoms with Gasteiger partial charge in [-0.2, -0.15) is 0 Å². The van der Waals surface area contributed by atoms with Crippen molar-refractivity contribution < 1.29 is 10.2 Å². The summed E-state index contributed by atoms with van der Waals surface area (Å²) in [6, 6.07) is 23.7. The molecule has 0 saturated heterocycles. The number of hydrogen-bond acceptors (Lipinski definition) is 2. The zero-order valence-electron chi connectivity index (χ0n) is 13.6. The van der Waals surface area contributed by atoms with Crippen molar-refractivity contribution in [3.05, 3.63) is 95.1 Å². The fourth-order valence-electron chi connectivity index (χ4n) is 4.20. The van der Waals surface area contributed by atoms with Gasteiger partial charge in [0.2, 0.25) is 0 Å². The Morgan fingerprint density at radius 1 is 0.750 bits per heavy atom. The van der Waals surface area contributed by atoms with Gasteiger partial charge in [-0.05, 0) is 58.9 Å². The van der Waals surface area contributed by atoms with E-state index in [-0.39, 0.29) is 16.9 Å². The second-order valence-corrected chi connectivity index (χ2v) is 6.69. The number of rotatable bonds is 2. The molecule has 1 aliphatic carbocycles. The van der Waals surface area contributed by atoms with Gasteiger partial charge in [0.15, 0.2) is 0 Å². The first-order valence-electron chi connectivity index (χ1n) is 8.30. The van der Waals surface area contributed by atoms with E-state index in [1.54, 1.807) is 24.3 Å². The standard InChI is InChI=1S/C22H20O2/c1-15-14-22(16-6-10-18(23)11-7-16,17-8-12-19(24)13-9-17)21-5-3-2-4-20(15)21/h2-13,15,23-24H,14H2,1H3. The van der Waals surface area contributed by atoms with E-state index in [1.165, 1.54) is 22.3 Å². The van der Waals surface area contributed by atoms with Crippen molar-refractivity contribution in [1.29, 1.82) is 0 Å². The predicted octanol–water partition coefficient (Wildman–Crippen LogP) is 4.94. The molecule has 3 aromatic rings. The Bertz CT molecular complexity index is 818. The van der Waals surface area contributed by atoms with Crippen molar-refractivity contribution in [3.63, 3.8) is 0 Å².